The van der Waals surface area contributed by atoms with Crippen LogP contribution in [0.1, 0.15) is 59.7 Å². The maximum absolute atomic E-state index is 13.1. The van der Waals surface area contributed by atoms with Crippen molar-refractivity contribution >= 4 is 11.9 Å². The summed E-state index contributed by atoms with van der Waals surface area (Å²) in [6.07, 6.45) is 3.57. The summed E-state index contributed by atoms with van der Waals surface area (Å²) in [6.45, 7) is -0.101. The minimum absolute atomic E-state index is 0.0895. The summed E-state index contributed by atoms with van der Waals surface area (Å²) in [4.78, 5) is 25.6. The topological polar surface area (TPSA) is 84.9 Å². The quantitative estimate of drug-likeness (QED) is 0.685. The third-order valence-corrected chi connectivity index (χ3v) is 5.23. The molecule has 1 saturated carbocycles. The van der Waals surface area contributed by atoms with E-state index in [0.29, 0.717) is 22.4 Å². The van der Waals surface area contributed by atoms with E-state index < -0.39 is 12.2 Å². The number of ketones is 1. The highest BCUT2D eigenvalue weighted by molar-refractivity contribution is 6.01. The van der Waals surface area contributed by atoms with Crippen LogP contribution in [0.15, 0.2) is 48.5 Å². The summed E-state index contributed by atoms with van der Waals surface area (Å²) in [5.74, 6) is 0.331. The summed E-state index contributed by atoms with van der Waals surface area (Å²) >= 11 is 0. The molecule has 154 valence electrons. The van der Waals surface area contributed by atoms with Gasteiger partial charge < -0.3 is 19.9 Å². The van der Waals surface area contributed by atoms with Gasteiger partial charge in [0.1, 0.15) is 5.75 Å². The first-order valence-corrected chi connectivity index (χ1v) is 9.96. The third-order valence-electron chi connectivity index (χ3n) is 5.23. The Morgan fingerprint density at radius 2 is 1.69 bits per heavy atom. The van der Waals surface area contributed by atoms with Gasteiger partial charge in [-0.05, 0) is 30.5 Å². The van der Waals surface area contributed by atoms with Gasteiger partial charge in [-0.1, -0.05) is 55.7 Å². The number of hydrogen-bond acceptors (Lipinski definition) is 5. The van der Waals surface area contributed by atoms with Gasteiger partial charge in [-0.15, -0.1) is 0 Å². The molecule has 2 N–H and O–H groups in total. The van der Waals surface area contributed by atoms with Crippen molar-refractivity contribution in [2.75, 3.05) is 7.11 Å². The molecule has 3 rings (SSSR count). The van der Waals surface area contributed by atoms with E-state index in [9.17, 15) is 14.7 Å². The second kappa shape index (κ2) is 10.1. The minimum atomic E-state index is -1.07. The molecule has 1 unspecified atom stereocenters. The number of methoxy groups -OCH3 is 1. The van der Waals surface area contributed by atoms with Crippen molar-refractivity contribution in [2.45, 2.75) is 50.9 Å². The van der Waals surface area contributed by atoms with Crippen molar-refractivity contribution in [3.05, 3.63) is 65.2 Å². The number of Topliss-reactive ketones (excluding diaryl/α,β-unsaturated/α-hetero) is 1. The van der Waals surface area contributed by atoms with Gasteiger partial charge >= 0.3 is 6.09 Å². The maximum Gasteiger partial charge on any atom is 0.408 e. The molecule has 1 fully saturated rings. The molecule has 0 saturated heterocycles. The number of rotatable bonds is 7. The molecule has 1 aliphatic carbocycles. The van der Waals surface area contributed by atoms with Crippen LogP contribution in [0.25, 0.3) is 0 Å². The van der Waals surface area contributed by atoms with Crippen LogP contribution in [-0.2, 0) is 11.3 Å². The highest BCUT2D eigenvalue weighted by Gasteiger charge is 2.27. The zero-order chi connectivity index (χ0) is 20.6. The van der Waals surface area contributed by atoms with Gasteiger partial charge in [0.25, 0.3) is 0 Å². The van der Waals surface area contributed by atoms with E-state index in [4.69, 9.17) is 9.47 Å². The number of alkyl carbamates (subject to hydrolysis) is 1. The molecule has 2 aromatic rings. The zero-order valence-electron chi connectivity index (χ0n) is 16.6. The van der Waals surface area contributed by atoms with E-state index in [0.717, 1.165) is 25.7 Å². The van der Waals surface area contributed by atoms with Gasteiger partial charge in [-0.25, -0.2) is 4.79 Å². The second-order valence-electron chi connectivity index (χ2n) is 7.26. The van der Waals surface area contributed by atoms with E-state index in [1.807, 2.05) is 0 Å². The van der Waals surface area contributed by atoms with Gasteiger partial charge in [0, 0.05) is 17.2 Å². The van der Waals surface area contributed by atoms with Crippen molar-refractivity contribution in [3.8, 4) is 5.75 Å². The highest BCUT2D eigenvalue weighted by atomic mass is 16.6. The van der Waals surface area contributed by atoms with E-state index in [1.54, 1.807) is 55.6 Å². The Hall–Kier alpha value is -2.86. The lowest BCUT2D eigenvalue weighted by molar-refractivity contribution is 0.0613. The lowest BCUT2D eigenvalue weighted by Gasteiger charge is -2.24. The molecule has 0 aliphatic heterocycles. The van der Waals surface area contributed by atoms with Gasteiger partial charge in [-0.3, -0.25) is 4.79 Å². The second-order valence-corrected chi connectivity index (χ2v) is 7.26. The Morgan fingerprint density at radius 3 is 2.28 bits per heavy atom. The van der Waals surface area contributed by atoms with Crippen LogP contribution in [0, 0.1) is 0 Å². The maximum atomic E-state index is 13.1. The average Bonchev–Trinajstić information content (AvgIpc) is 2.78. The number of carbonyl (C=O) groups is 2. The Bertz CT molecular complexity index is 810. The Labute approximate surface area is 170 Å². The van der Waals surface area contributed by atoms with Gasteiger partial charge in [0.05, 0.1) is 13.7 Å². The standard InChI is InChI=1S/C23H27NO5/c1-28-20-13-11-18(12-14-20)22(21(26)17-9-7-16(15-25)8-10-17)29-23(27)24-19-5-3-2-4-6-19/h7-14,19,22,25H,2-6,15H2,1H3,(H,24,27). The fourth-order valence-corrected chi connectivity index (χ4v) is 3.53. The van der Waals surface area contributed by atoms with E-state index in [1.165, 1.54) is 6.42 Å². The number of carbonyl (C=O) groups excluding carboxylic acids is 2. The molecule has 1 aliphatic rings. The summed E-state index contributed by atoms with van der Waals surface area (Å²) in [7, 11) is 1.56. The highest BCUT2D eigenvalue weighted by Crippen LogP contribution is 2.26. The molecular weight excluding hydrogens is 370 g/mol. The molecule has 0 aromatic heterocycles. The minimum Gasteiger partial charge on any atom is -0.497 e. The smallest absolute Gasteiger partial charge is 0.408 e. The van der Waals surface area contributed by atoms with Crippen LogP contribution in [0.5, 0.6) is 5.75 Å². The summed E-state index contributed by atoms with van der Waals surface area (Å²) in [5, 5.41) is 12.1. The SMILES string of the molecule is COc1ccc(C(OC(=O)NC2CCCCC2)C(=O)c2ccc(CO)cc2)cc1. The van der Waals surface area contributed by atoms with E-state index in [-0.39, 0.29) is 18.4 Å². The van der Waals surface area contributed by atoms with Crippen LogP contribution in [-0.4, -0.2) is 30.1 Å². The van der Waals surface area contributed by atoms with Crippen LogP contribution in [0.3, 0.4) is 0 Å². The third kappa shape index (κ3) is 5.57. The number of aliphatic hydroxyl groups excluding tert-OH is 1. The average molecular weight is 397 g/mol. The molecule has 0 spiro atoms. The Kier molecular flexibility index (Phi) is 7.25. The molecule has 6 nitrogen and oxygen atoms in total. The summed E-state index contributed by atoms with van der Waals surface area (Å²) in [5.41, 5.74) is 1.69. The Morgan fingerprint density at radius 1 is 1.03 bits per heavy atom. The van der Waals surface area contributed by atoms with Gasteiger partial charge in [0.15, 0.2) is 6.10 Å². The van der Waals surface area contributed by atoms with Crippen molar-refractivity contribution in [2.24, 2.45) is 0 Å². The lowest BCUT2D eigenvalue weighted by Crippen LogP contribution is -2.38. The molecule has 6 heteroatoms. The number of ether oxygens (including phenoxy) is 2. The van der Waals surface area contributed by atoms with Crippen LogP contribution >= 0.6 is 0 Å². The lowest BCUT2D eigenvalue weighted by atomic mass is 9.96. The van der Waals surface area contributed by atoms with E-state index >= 15 is 0 Å². The number of hydrogen-bond donors (Lipinski definition) is 2. The first kappa shape index (κ1) is 20.9. The molecule has 0 heterocycles. The first-order chi connectivity index (χ1) is 14.1. The molecule has 0 bridgehead atoms. The molecule has 2 aromatic carbocycles. The summed E-state index contributed by atoms with van der Waals surface area (Å²) in [6, 6.07) is 13.6. The summed E-state index contributed by atoms with van der Waals surface area (Å²) < 4.78 is 10.8. The number of amides is 1. The normalized spacial score (nSPS) is 15.4. The fourth-order valence-electron chi connectivity index (χ4n) is 3.53. The molecule has 1 atom stereocenters. The van der Waals surface area contributed by atoms with Crippen LogP contribution < -0.4 is 10.1 Å². The molecule has 29 heavy (non-hydrogen) atoms. The largest absolute Gasteiger partial charge is 0.497 e. The fraction of sp³-hybridized carbons (Fsp3) is 0.391. The van der Waals surface area contributed by atoms with E-state index in [2.05, 4.69) is 5.32 Å². The van der Waals surface area contributed by atoms with Crippen molar-refractivity contribution in [1.82, 2.24) is 5.32 Å². The predicted molar refractivity (Wildman–Crippen MR) is 109 cm³/mol. The Balaban J connectivity index is 1.79. The molecule has 0 radical (unpaired) electrons. The van der Waals surface area contributed by atoms with Gasteiger partial charge in [-0.2, -0.15) is 0 Å². The van der Waals surface area contributed by atoms with Crippen LogP contribution in [0.4, 0.5) is 4.79 Å². The first-order valence-electron chi connectivity index (χ1n) is 9.96. The van der Waals surface area contributed by atoms with Crippen molar-refractivity contribution in [3.63, 3.8) is 0 Å². The monoisotopic (exact) mass is 397 g/mol. The van der Waals surface area contributed by atoms with Crippen LogP contribution in [0.2, 0.25) is 0 Å². The number of benzene rings is 2. The molecule has 1 amide bonds. The van der Waals surface area contributed by atoms with Crippen molar-refractivity contribution in [1.29, 1.82) is 0 Å². The van der Waals surface area contributed by atoms with Gasteiger partial charge in [0.2, 0.25) is 5.78 Å². The number of nitrogens with one attached hydrogen (secondary N) is 1. The molecular formula is C23H27NO5. The zero-order valence-corrected chi connectivity index (χ0v) is 16.6. The number of aliphatic hydroxyl groups is 1. The predicted octanol–water partition coefficient (Wildman–Crippen LogP) is 4.17. The van der Waals surface area contributed by atoms with Crippen molar-refractivity contribution < 1.29 is 24.2 Å².